The molecule has 0 spiro atoms. The van der Waals surface area contributed by atoms with Crippen molar-refractivity contribution in [2.75, 3.05) is 6.54 Å². The van der Waals surface area contributed by atoms with E-state index >= 15 is 0 Å². The van der Waals surface area contributed by atoms with E-state index in [1.807, 2.05) is 84.9 Å². The number of aryl methyl sites for hydroxylation is 1. The van der Waals surface area contributed by atoms with E-state index in [0.29, 0.717) is 18.7 Å². The molecule has 0 radical (unpaired) electrons. The van der Waals surface area contributed by atoms with Gasteiger partial charge in [0.15, 0.2) is 0 Å². The predicted molar refractivity (Wildman–Crippen MR) is 165 cm³/mol. The Labute approximate surface area is 255 Å². The summed E-state index contributed by atoms with van der Waals surface area (Å²) in [5.41, 5.74) is 2.84. The Kier molecular flexibility index (Phi) is 9.49. The number of benzene rings is 3. The fraction of sp³-hybridized carbons (Fsp3) is 0.265. The molecule has 10 heteroatoms. The van der Waals surface area contributed by atoms with Crippen molar-refractivity contribution in [2.45, 2.75) is 37.9 Å². The van der Waals surface area contributed by atoms with Gasteiger partial charge in [-0.25, -0.2) is 0 Å². The average molecular weight is 594 g/mol. The van der Waals surface area contributed by atoms with E-state index in [0.717, 1.165) is 22.0 Å². The van der Waals surface area contributed by atoms with Gasteiger partial charge in [-0.3, -0.25) is 24.0 Å². The van der Waals surface area contributed by atoms with Gasteiger partial charge in [0.1, 0.15) is 11.7 Å². The Morgan fingerprint density at radius 1 is 0.864 bits per heavy atom. The lowest BCUT2D eigenvalue weighted by molar-refractivity contribution is -0.141. The van der Waals surface area contributed by atoms with Gasteiger partial charge in [-0.05, 0) is 36.1 Å². The maximum absolute atomic E-state index is 13.8. The minimum Gasteiger partial charge on any atom is -0.356 e. The van der Waals surface area contributed by atoms with Crippen LogP contribution in [-0.4, -0.2) is 52.6 Å². The van der Waals surface area contributed by atoms with Gasteiger partial charge in [0, 0.05) is 43.4 Å². The Bertz CT molecular complexity index is 1670. The maximum Gasteiger partial charge on any atom is 0.289 e. The molecule has 0 unspecified atom stereocenters. The summed E-state index contributed by atoms with van der Waals surface area (Å²) in [5, 5.41) is 11.8. The largest absolute Gasteiger partial charge is 0.356 e. The number of carbonyl (C=O) groups is 5. The topological polar surface area (TPSA) is 138 Å². The van der Waals surface area contributed by atoms with Crippen molar-refractivity contribution < 1.29 is 24.0 Å². The summed E-state index contributed by atoms with van der Waals surface area (Å²) < 4.78 is 1.75. The molecular weight excluding hydrogens is 558 g/mol. The number of ketones is 1. The van der Waals surface area contributed by atoms with Crippen molar-refractivity contribution in [1.29, 1.82) is 0 Å². The van der Waals surface area contributed by atoms with Gasteiger partial charge in [-0.2, -0.15) is 0 Å². The molecule has 4 N–H and O–H groups in total. The fourth-order valence-electron chi connectivity index (χ4n) is 5.48. The summed E-state index contributed by atoms with van der Waals surface area (Å²) >= 11 is 0. The summed E-state index contributed by atoms with van der Waals surface area (Å²) in [6.07, 6.45) is 0.590. The number of hydrogen-bond donors (Lipinski definition) is 4. The van der Waals surface area contributed by atoms with Crippen LogP contribution in [0.4, 0.5) is 0 Å². The number of carbonyl (C=O) groups excluding carboxylic acids is 5. The summed E-state index contributed by atoms with van der Waals surface area (Å²) in [7, 11) is 1.78. The molecule has 2 heterocycles. The van der Waals surface area contributed by atoms with Crippen LogP contribution >= 0.6 is 0 Å². The molecule has 1 fully saturated rings. The zero-order valence-corrected chi connectivity index (χ0v) is 24.4. The van der Waals surface area contributed by atoms with Crippen molar-refractivity contribution in [2.24, 2.45) is 13.0 Å². The van der Waals surface area contributed by atoms with Crippen molar-refractivity contribution in [3.8, 4) is 0 Å². The first-order valence-corrected chi connectivity index (χ1v) is 14.6. The van der Waals surface area contributed by atoms with Crippen LogP contribution < -0.4 is 21.3 Å². The number of nitrogens with one attached hydrogen (secondary N) is 4. The van der Waals surface area contributed by atoms with Crippen molar-refractivity contribution in [1.82, 2.24) is 25.8 Å². The number of Topliss-reactive ketones (excluding diaryl/α,β-unsaturated/α-hetero) is 1. The lowest BCUT2D eigenvalue weighted by atomic mass is 9.94. The Morgan fingerprint density at radius 3 is 2.18 bits per heavy atom. The number of rotatable bonds is 12. The SMILES string of the molecule is Cn1c(C(=O)N[C@@H](Cc2ccccc2)C(=O)N[C@@H](C[C@@H]2CCNC2=O)C(=O)C(=O)NCc2ccccc2)cc2ccccc21. The molecule has 0 aliphatic carbocycles. The summed E-state index contributed by atoms with van der Waals surface area (Å²) in [5.74, 6) is -3.58. The Morgan fingerprint density at radius 2 is 1.52 bits per heavy atom. The second kappa shape index (κ2) is 13.8. The second-order valence-electron chi connectivity index (χ2n) is 11.0. The average Bonchev–Trinajstić information content (AvgIpc) is 3.61. The second-order valence-corrected chi connectivity index (χ2v) is 11.0. The first kappa shape index (κ1) is 30.2. The standard InChI is InChI=1S/C34H35N5O5/c1-39-28-15-9-8-14-24(28)20-29(39)33(43)38-27(18-22-10-4-2-5-11-22)32(42)37-26(19-25-16-17-35-31(25)41)30(40)34(44)36-21-23-12-6-3-7-13-23/h2-15,20,25-27H,16-19,21H2,1H3,(H,35,41)(H,36,44)(H,37,42)(H,38,43)/t25-,26-,27-/m0/s1. The predicted octanol–water partition coefficient (Wildman–Crippen LogP) is 2.42. The molecule has 5 rings (SSSR count). The van der Waals surface area contributed by atoms with Gasteiger partial charge >= 0.3 is 0 Å². The Balaban J connectivity index is 1.36. The number of hydrogen-bond acceptors (Lipinski definition) is 5. The third-order valence-corrected chi connectivity index (χ3v) is 7.92. The smallest absolute Gasteiger partial charge is 0.289 e. The molecule has 1 aromatic heterocycles. The molecule has 4 amide bonds. The van der Waals surface area contributed by atoms with Crippen LogP contribution in [0.15, 0.2) is 91.0 Å². The van der Waals surface area contributed by atoms with Gasteiger partial charge in [0.25, 0.3) is 11.8 Å². The molecule has 0 saturated carbocycles. The highest BCUT2D eigenvalue weighted by molar-refractivity contribution is 6.38. The number of aromatic nitrogens is 1. The zero-order chi connectivity index (χ0) is 31.1. The van der Waals surface area contributed by atoms with E-state index in [-0.39, 0.29) is 25.3 Å². The van der Waals surface area contributed by atoms with Crippen LogP contribution in [0.3, 0.4) is 0 Å². The van der Waals surface area contributed by atoms with Gasteiger partial charge in [0.05, 0.1) is 6.04 Å². The zero-order valence-electron chi connectivity index (χ0n) is 24.4. The van der Waals surface area contributed by atoms with Crippen molar-refractivity contribution in [3.05, 3.63) is 108 Å². The van der Waals surface area contributed by atoms with E-state index in [1.54, 1.807) is 17.7 Å². The molecule has 4 aromatic rings. The van der Waals surface area contributed by atoms with E-state index in [4.69, 9.17) is 0 Å². The molecule has 226 valence electrons. The van der Waals surface area contributed by atoms with Crippen molar-refractivity contribution >= 4 is 40.3 Å². The van der Waals surface area contributed by atoms with Gasteiger partial charge in [-0.15, -0.1) is 0 Å². The molecule has 3 aromatic carbocycles. The highest BCUT2D eigenvalue weighted by Crippen LogP contribution is 2.20. The third-order valence-electron chi connectivity index (χ3n) is 7.92. The quantitative estimate of drug-likeness (QED) is 0.187. The summed E-state index contributed by atoms with van der Waals surface area (Å²) in [6, 6.07) is 25.3. The van der Waals surface area contributed by atoms with Gasteiger partial charge < -0.3 is 25.8 Å². The van der Waals surface area contributed by atoms with Crippen LogP contribution in [-0.2, 0) is 39.2 Å². The number of amides is 4. The molecule has 1 aliphatic heterocycles. The molecule has 10 nitrogen and oxygen atoms in total. The Hall–Kier alpha value is -5.25. The minimum absolute atomic E-state index is 0.0373. The third kappa shape index (κ3) is 7.20. The lowest BCUT2D eigenvalue weighted by Gasteiger charge is -2.24. The molecule has 44 heavy (non-hydrogen) atoms. The number of nitrogens with zero attached hydrogens (tertiary/aromatic N) is 1. The first-order valence-electron chi connectivity index (χ1n) is 14.6. The molecule has 0 bridgehead atoms. The van der Waals surface area contributed by atoms with Crippen LogP contribution in [0.25, 0.3) is 10.9 Å². The lowest BCUT2D eigenvalue weighted by Crippen LogP contribution is -2.55. The molecule has 1 aliphatic rings. The molecular formula is C34H35N5O5. The van der Waals surface area contributed by atoms with Gasteiger partial charge in [0.2, 0.25) is 17.6 Å². The number of para-hydroxylation sites is 1. The van der Waals surface area contributed by atoms with Crippen LogP contribution in [0.2, 0.25) is 0 Å². The van der Waals surface area contributed by atoms with E-state index in [9.17, 15) is 24.0 Å². The molecule has 3 atom stereocenters. The minimum atomic E-state index is -1.26. The van der Waals surface area contributed by atoms with E-state index < -0.39 is 41.5 Å². The molecule has 1 saturated heterocycles. The van der Waals surface area contributed by atoms with Crippen LogP contribution in [0.1, 0.15) is 34.5 Å². The number of fused-ring (bicyclic) bond motifs is 1. The monoisotopic (exact) mass is 593 g/mol. The maximum atomic E-state index is 13.8. The summed E-state index contributed by atoms with van der Waals surface area (Å²) in [4.78, 5) is 66.1. The van der Waals surface area contributed by atoms with Crippen LogP contribution in [0, 0.1) is 5.92 Å². The van der Waals surface area contributed by atoms with Crippen molar-refractivity contribution in [3.63, 3.8) is 0 Å². The fourth-order valence-corrected chi connectivity index (χ4v) is 5.48. The normalized spacial score (nSPS) is 15.7. The van der Waals surface area contributed by atoms with E-state index in [1.165, 1.54) is 0 Å². The van der Waals surface area contributed by atoms with Gasteiger partial charge in [-0.1, -0.05) is 78.9 Å². The van der Waals surface area contributed by atoms with Crippen LogP contribution in [0.5, 0.6) is 0 Å². The highest BCUT2D eigenvalue weighted by Gasteiger charge is 2.35. The highest BCUT2D eigenvalue weighted by atomic mass is 16.2. The summed E-state index contributed by atoms with van der Waals surface area (Å²) in [6.45, 7) is 0.587. The van der Waals surface area contributed by atoms with E-state index in [2.05, 4.69) is 21.3 Å². The first-order chi connectivity index (χ1) is 21.3.